The van der Waals surface area contributed by atoms with E-state index in [1.54, 1.807) is 6.92 Å². The summed E-state index contributed by atoms with van der Waals surface area (Å²) in [4.78, 5) is 26.1. The SMILES string of the molecule is CCc1ccc(NC(=O)[C@@H](C)OC(=O)CSC(=S)N2CCCC2)cc1. The zero-order chi connectivity index (χ0) is 18.2. The van der Waals surface area contributed by atoms with Crippen LogP contribution in [0.2, 0.25) is 0 Å². The lowest BCUT2D eigenvalue weighted by Crippen LogP contribution is -2.31. The predicted octanol–water partition coefficient (Wildman–Crippen LogP) is 3.23. The zero-order valence-corrected chi connectivity index (χ0v) is 16.3. The van der Waals surface area contributed by atoms with E-state index in [4.69, 9.17) is 17.0 Å². The molecule has 1 aliphatic heterocycles. The van der Waals surface area contributed by atoms with Crippen molar-refractivity contribution in [2.24, 2.45) is 0 Å². The first-order valence-corrected chi connectivity index (χ1v) is 9.90. The second kappa shape index (κ2) is 9.77. The van der Waals surface area contributed by atoms with Crippen LogP contribution in [0.3, 0.4) is 0 Å². The molecule has 1 aliphatic rings. The summed E-state index contributed by atoms with van der Waals surface area (Å²) in [5, 5.41) is 2.75. The third-order valence-corrected chi connectivity index (χ3v) is 5.48. The minimum absolute atomic E-state index is 0.123. The van der Waals surface area contributed by atoms with Crippen molar-refractivity contribution < 1.29 is 14.3 Å². The van der Waals surface area contributed by atoms with Gasteiger partial charge in [-0.1, -0.05) is 43.0 Å². The van der Waals surface area contributed by atoms with E-state index in [-0.39, 0.29) is 11.7 Å². The van der Waals surface area contributed by atoms with Gasteiger partial charge < -0.3 is 15.0 Å². The summed E-state index contributed by atoms with van der Waals surface area (Å²) >= 11 is 6.60. The summed E-state index contributed by atoms with van der Waals surface area (Å²) in [6.07, 6.45) is 2.38. The van der Waals surface area contributed by atoms with E-state index in [0.717, 1.165) is 36.7 Å². The third-order valence-electron chi connectivity index (χ3n) is 3.98. The number of ether oxygens (including phenoxy) is 1. The Morgan fingerprint density at radius 2 is 1.92 bits per heavy atom. The molecule has 0 saturated carbocycles. The summed E-state index contributed by atoms with van der Waals surface area (Å²) in [6, 6.07) is 7.61. The number of anilines is 1. The number of aryl methyl sites for hydroxylation is 1. The standard InChI is InChI=1S/C18H24N2O3S2/c1-3-14-6-8-15(9-7-14)19-17(22)13(2)23-16(21)12-25-18(24)20-10-4-5-11-20/h6-9,13H,3-5,10-12H2,1-2H3,(H,19,22)/t13-/m1/s1. The maximum Gasteiger partial charge on any atom is 0.317 e. The van der Waals surface area contributed by atoms with E-state index < -0.39 is 12.1 Å². The molecule has 5 nitrogen and oxygen atoms in total. The van der Waals surface area contributed by atoms with Gasteiger partial charge in [-0.15, -0.1) is 0 Å². The number of nitrogens with one attached hydrogen (secondary N) is 1. The zero-order valence-electron chi connectivity index (χ0n) is 14.6. The van der Waals surface area contributed by atoms with E-state index in [9.17, 15) is 9.59 Å². The van der Waals surface area contributed by atoms with E-state index in [1.807, 2.05) is 24.3 Å². The molecule has 1 aromatic rings. The number of benzene rings is 1. The van der Waals surface area contributed by atoms with Gasteiger partial charge in [0.2, 0.25) is 0 Å². The van der Waals surface area contributed by atoms with Gasteiger partial charge in [-0.25, -0.2) is 0 Å². The first kappa shape index (κ1) is 19.7. The molecular formula is C18H24N2O3S2. The lowest BCUT2D eigenvalue weighted by atomic mass is 10.1. The monoisotopic (exact) mass is 380 g/mol. The van der Waals surface area contributed by atoms with Crippen LogP contribution >= 0.6 is 24.0 Å². The van der Waals surface area contributed by atoms with Crippen LogP contribution in [0.1, 0.15) is 32.3 Å². The molecule has 0 aliphatic carbocycles. The summed E-state index contributed by atoms with van der Waals surface area (Å²) in [7, 11) is 0. The van der Waals surface area contributed by atoms with Gasteiger partial charge in [0, 0.05) is 18.8 Å². The molecule has 136 valence electrons. The Morgan fingerprint density at radius 3 is 2.52 bits per heavy atom. The van der Waals surface area contributed by atoms with Gasteiger partial charge >= 0.3 is 5.97 Å². The molecule has 1 aromatic carbocycles. The number of esters is 1. The Morgan fingerprint density at radius 1 is 1.28 bits per heavy atom. The van der Waals surface area contributed by atoms with Crippen LogP contribution in [0.4, 0.5) is 5.69 Å². The topological polar surface area (TPSA) is 58.6 Å². The van der Waals surface area contributed by atoms with Crippen molar-refractivity contribution in [2.75, 3.05) is 24.2 Å². The molecule has 1 amide bonds. The van der Waals surface area contributed by atoms with Crippen LogP contribution in [-0.2, 0) is 20.7 Å². The summed E-state index contributed by atoms with van der Waals surface area (Å²) in [5.41, 5.74) is 1.89. The normalized spacial score (nSPS) is 14.9. The number of likely N-dealkylation sites (tertiary alicyclic amines) is 1. The maximum atomic E-state index is 12.1. The van der Waals surface area contributed by atoms with E-state index in [0.29, 0.717) is 5.69 Å². The highest BCUT2D eigenvalue weighted by Crippen LogP contribution is 2.16. The fraction of sp³-hybridized carbons (Fsp3) is 0.500. The molecule has 0 bridgehead atoms. The van der Waals surface area contributed by atoms with Crippen LogP contribution in [0, 0.1) is 0 Å². The van der Waals surface area contributed by atoms with Crippen LogP contribution in [0.15, 0.2) is 24.3 Å². The van der Waals surface area contributed by atoms with Gasteiger partial charge in [-0.2, -0.15) is 0 Å². The fourth-order valence-corrected chi connectivity index (χ4v) is 3.50. The Hall–Kier alpha value is -1.60. The van der Waals surface area contributed by atoms with Gasteiger partial charge in [-0.05, 0) is 43.9 Å². The van der Waals surface area contributed by atoms with Crippen molar-refractivity contribution in [2.45, 2.75) is 39.2 Å². The van der Waals surface area contributed by atoms with Crippen molar-refractivity contribution in [3.8, 4) is 0 Å². The molecule has 1 saturated heterocycles. The second-order valence-corrected chi connectivity index (χ2v) is 7.53. The molecule has 1 heterocycles. The molecule has 0 spiro atoms. The van der Waals surface area contributed by atoms with Crippen LogP contribution < -0.4 is 5.32 Å². The summed E-state index contributed by atoms with van der Waals surface area (Å²) in [5.74, 6) is -0.654. The lowest BCUT2D eigenvalue weighted by Gasteiger charge is -2.18. The van der Waals surface area contributed by atoms with Gasteiger partial charge in [0.25, 0.3) is 5.91 Å². The van der Waals surface area contributed by atoms with E-state index in [2.05, 4.69) is 17.1 Å². The number of rotatable bonds is 6. The molecule has 7 heteroatoms. The highest BCUT2D eigenvalue weighted by molar-refractivity contribution is 8.23. The first-order valence-electron chi connectivity index (χ1n) is 8.50. The van der Waals surface area contributed by atoms with E-state index >= 15 is 0 Å². The largest absolute Gasteiger partial charge is 0.452 e. The number of hydrogen-bond acceptors (Lipinski definition) is 5. The van der Waals surface area contributed by atoms with Crippen LogP contribution in [-0.4, -0.2) is 46.0 Å². The third kappa shape index (κ3) is 6.32. The number of hydrogen-bond donors (Lipinski definition) is 1. The van der Waals surface area contributed by atoms with Crippen molar-refractivity contribution >= 4 is 45.9 Å². The molecule has 0 radical (unpaired) electrons. The minimum atomic E-state index is -0.848. The molecule has 2 rings (SSSR count). The number of carbonyl (C=O) groups is 2. The Kier molecular flexibility index (Phi) is 7.71. The first-order chi connectivity index (χ1) is 12.0. The number of amides is 1. The average Bonchev–Trinajstić information content (AvgIpc) is 3.15. The summed E-state index contributed by atoms with van der Waals surface area (Å²) < 4.78 is 5.92. The highest BCUT2D eigenvalue weighted by Gasteiger charge is 2.20. The Balaban J connectivity index is 1.73. The van der Waals surface area contributed by atoms with Gasteiger partial charge in [0.1, 0.15) is 4.32 Å². The predicted molar refractivity (Wildman–Crippen MR) is 106 cm³/mol. The molecule has 1 N–H and O–H groups in total. The number of nitrogens with zero attached hydrogens (tertiary/aromatic N) is 1. The van der Waals surface area contributed by atoms with E-state index in [1.165, 1.54) is 17.3 Å². The van der Waals surface area contributed by atoms with Crippen molar-refractivity contribution in [3.63, 3.8) is 0 Å². The quantitative estimate of drug-likeness (QED) is 0.604. The number of carbonyl (C=O) groups excluding carboxylic acids is 2. The molecule has 25 heavy (non-hydrogen) atoms. The van der Waals surface area contributed by atoms with Crippen molar-refractivity contribution in [3.05, 3.63) is 29.8 Å². The second-order valence-electron chi connectivity index (χ2n) is 5.92. The molecular weight excluding hydrogens is 356 g/mol. The fourth-order valence-electron chi connectivity index (χ4n) is 2.46. The Bertz CT molecular complexity index is 613. The van der Waals surface area contributed by atoms with Gasteiger partial charge in [0.15, 0.2) is 6.10 Å². The molecule has 1 fully saturated rings. The highest BCUT2D eigenvalue weighted by atomic mass is 32.2. The van der Waals surface area contributed by atoms with Crippen molar-refractivity contribution in [1.29, 1.82) is 0 Å². The average molecular weight is 381 g/mol. The maximum absolute atomic E-state index is 12.1. The number of thiocarbonyl (C=S) groups is 1. The smallest absolute Gasteiger partial charge is 0.317 e. The van der Waals surface area contributed by atoms with Gasteiger partial charge in [0.05, 0.1) is 5.75 Å². The molecule has 0 aromatic heterocycles. The van der Waals surface area contributed by atoms with Crippen LogP contribution in [0.25, 0.3) is 0 Å². The Labute approximate surface area is 158 Å². The van der Waals surface area contributed by atoms with Crippen molar-refractivity contribution in [1.82, 2.24) is 4.90 Å². The van der Waals surface area contributed by atoms with Gasteiger partial charge in [-0.3, -0.25) is 9.59 Å². The molecule has 0 unspecified atom stereocenters. The van der Waals surface area contributed by atoms with Crippen LogP contribution in [0.5, 0.6) is 0 Å². The number of thioether (sulfide) groups is 1. The lowest BCUT2D eigenvalue weighted by molar-refractivity contribution is -0.150. The minimum Gasteiger partial charge on any atom is -0.452 e. The summed E-state index contributed by atoms with van der Waals surface area (Å²) in [6.45, 7) is 5.55. The molecule has 1 atom stereocenters.